The van der Waals surface area contributed by atoms with Crippen LogP contribution in [0, 0.1) is 6.92 Å². The Morgan fingerprint density at radius 2 is 2.04 bits per heavy atom. The molecule has 2 heterocycles. The molecule has 0 amide bonds. The number of rotatable bonds is 4. The molecule has 4 rings (SSSR count). The molecule has 0 radical (unpaired) electrons. The molecule has 2 aromatic carbocycles. The van der Waals surface area contributed by atoms with Crippen LogP contribution in [-0.4, -0.2) is 37.3 Å². The topological polar surface area (TPSA) is 51.7 Å². The summed E-state index contributed by atoms with van der Waals surface area (Å²) in [6.45, 7) is 3.29. The van der Waals surface area contributed by atoms with Gasteiger partial charge in [-0.05, 0) is 31.2 Å². The largest absolute Gasteiger partial charge is 0.494 e. The number of hydrogen-bond donors (Lipinski definition) is 0. The maximum absolute atomic E-state index is 12.2. The average molecular weight is 354 g/mol. The molecule has 1 aromatic heterocycles. The molecule has 0 aliphatic carbocycles. The SMILES string of the molecule is COc1cccc2sc(N3CC(OC(=O)c4cccc(C)c4)C3)nc12. The van der Waals surface area contributed by atoms with Gasteiger partial charge in [-0.3, -0.25) is 0 Å². The lowest BCUT2D eigenvalue weighted by Gasteiger charge is -2.38. The normalized spacial score (nSPS) is 14.4. The molecule has 0 spiro atoms. The number of thiazole rings is 1. The lowest BCUT2D eigenvalue weighted by Crippen LogP contribution is -2.53. The highest BCUT2D eigenvalue weighted by molar-refractivity contribution is 7.22. The Morgan fingerprint density at radius 1 is 1.24 bits per heavy atom. The van der Waals surface area contributed by atoms with Gasteiger partial charge >= 0.3 is 5.97 Å². The Kier molecular flexibility index (Phi) is 4.05. The van der Waals surface area contributed by atoms with Crippen LogP contribution >= 0.6 is 11.3 Å². The first kappa shape index (κ1) is 15.9. The number of ether oxygens (including phenoxy) is 2. The molecule has 1 fully saturated rings. The van der Waals surface area contributed by atoms with Crippen molar-refractivity contribution in [3.8, 4) is 5.75 Å². The maximum Gasteiger partial charge on any atom is 0.338 e. The summed E-state index contributed by atoms with van der Waals surface area (Å²) in [6, 6.07) is 13.4. The predicted molar refractivity (Wildman–Crippen MR) is 98.8 cm³/mol. The zero-order valence-electron chi connectivity index (χ0n) is 14.1. The molecule has 5 nitrogen and oxygen atoms in total. The lowest BCUT2D eigenvalue weighted by molar-refractivity contribution is 0.0234. The Balaban J connectivity index is 1.41. The van der Waals surface area contributed by atoms with Crippen molar-refractivity contribution in [3.63, 3.8) is 0 Å². The smallest absolute Gasteiger partial charge is 0.338 e. The summed E-state index contributed by atoms with van der Waals surface area (Å²) in [6.07, 6.45) is -0.0954. The summed E-state index contributed by atoms with van der Waals surface area (Å²) in [5, 5.41) is 0.933. The van der Waals surface area contributed by atoms with Crippen LogP contribution in [0.25, 0.3) is 10.2 Å². The number of fused-ring (bicyclic) bond motifs is 1. The summed E-state index contributed by atoms with van der Waals surface area (Å²) >= 11 is 1.62. The van der Waals surface area contributed by atoms with E-state index in [-0.39, 0.29) is 12.1 Å². The fraction of sp³-hybridized carbons (Fsp3) is 0.263. The highest BCUT2D eigenvalue weighted by Crippen LogP contribution is 2.36. The van der Waals surface area contributed by atoms with Gasteiger partial charge in [0, 0.05) is 0 Å². The fourth-order valence-corrected chi connectivity index (χ4v) is 3.87. The van der Waals surface area contributed by atoms with Crippen LogP contribution in [0.1, 0.15) is 15.9 Å². The van der Waals surface area contributed by atoms with E-state index in [9.17, 15) is 4.79 Å². The van der Waals surface area contributed by atoms with Gasteiger partial charge in [0.05, 0.1) is 30.5 Å². The number of hydrogen-bond acceptors (Lipinski definition) is 6. The second-order valence-corrected chi connectivity index (χ2v) is 7.11. The van der Waals surface area contributed by atoms with Crippen molar-refractivity contribution in [3.05, 3.63) is 53.6 Å². The second kappa shape index (κ2) is 6.37. The third kappa shape index (κ3) is 3.05. The first-order valence-electron chi connectivity index (χ1n) is 8.10. The van der Waals surface area contributed by atoms with E-state index < -0.39 is 0 Å². The van der Waals surface area contributed by atoms with E-state index in [2.05, 4.69) is 9.88 Å². The van der Waals surface area contributed by atoms with E-state index in [1.807, 2.05) is 43.3 Å². The van der Waals surface area contributed by atoms with Crippen LogP contribution in [-0.2, 0) is 4.74 Å². The van der Waals surface area contributed by atoms with Crippen molar-refractivity contribution in [1.29, 1.82) is 0 Å². The number of para-hydroxylation sites is 1. The molecule has 1 saturated heterocycles. The first-order chi connectivity index (χ1) is 12.1. The summed E-state index contributed by atoms with van der Waals surface area (Å²) in [4.78, 5) is 19.0. The van der Waals surface area contributed by atoms with Gasteiger partial charge in [-0.15, -0.1) is 0 Å². The third-order valence-corrected chi connectivity index (χ3v) is 5.32. The van der Waals surface area contributed by atoms with Crippen molar-refractivity contribution >= 4 is 32.7 Å². The number of nitrogens with zero attached hydrogens (tertiary/aromatic N) is 2. The monoisotopic (exact) mass is 354 g/mol. The van der Waals surface area contributed by atoms with Crippen LogP contribution in [0.5, 0.6) is 5.75 Å². The standard InChI is InChI=1S/C19H18N2O3S/c1-12-5-3-6-13(9-12)18(22)24-14-10-21(11-14)19-20-17-15(23-2)7-4-8-16(17)25-19/h3-9,14H,10-11H2,1-2H3. The molecular formula is C19H18N2O3S. The molecular weight excluding hydrogens is 336 g/mol. The summed E-state index contributed by atoms with van der Waals surface area (Å²) in [5.41, 5.74) is 2.53. The Bertz CT molecular complexity index is 931. The van der Waals surface area contributed by atoms with Gasteiger partial charge in [-0.2, -0.15) is 0 Å². The van der Waals surface area contributed by atoms with Crippen LogP contribution in [0.2, 0.25) is 0 Å². The molecule has 0 unspecified atom stereocenters. The number of anilines is 1. The minimum absolute atomic E-state index is 0.0954. The van der Waals surface area contributed by atoms with Crippen molar-refractivity contribution in [2.45, 2.75) is 13.0 Å². The lowest BCUT2D eigenvalue weighted by atomic mass is 10.1. The molecule has 0 atom stereocenters. The Morgan fingerprint density at radius 3 is 2.80 bits per heavy atom. The molecule has 0 saturated carbocycles. The summed E-state index contributed by atoms with van der Waals surface area (Å²) in [7, 11) is 1.65. The molecule has 3 aromatic rings. The van der Waals surface area contributed by atoms with Crippen LogP contribution in [0.4, 0.5) is 5.13 Å². The van der Waals surface area contributed by atoms with E-state index in [0.717, 1.165) is 26.7 Å². The molecule has 0 N–H and O–H groups in total. The number of methoxy groups -OCH3 is 1. The van der Waals surface area contributed by atoms with Gasteiger partial charge < -0.3 is 14.4 Å². The van der Waals surface area contributed by atoms with Crippen LogP contribution in [0.3, 0.4) is 0 Å². The number of aryl methyl sites for hydroxylation is 1. The highest BCUT2D eigenvalue weighted by Gasteiger charge is 2.32. The summed E-state index contributed by atoms with van der Waals surface area (Å²) < 4.78 is 12.0. The number of aromatic nitrogens is 1. The zero-order chi connectivity index (χ0) is 17.4. The minimum atomic E-state index is -0.265. The van der Waals surface area contributed by atoms with E-state index in [0.29, 0.717) is 18.7 Å². The van der Waals surface area contributed by atoms with E-state index in [1.54, 1.807) is 24.5 Å². The number of esters is 1. The molecule has 0 bridgehead atoms. The van der Waals surface area contributed by atoms with Gasteiger partial charge in [0.1, 0.15) is 17.4 Å². The fourth-order valence-electron chi connectivity index (χ4n) is 2.87. The number of benzene rings is 2. The zero-order valence-corrected chi connectivity index (χ0v) is 14.9. The highest BCUT2D eigenvalue weighted by atomic mass is 32.1. The molecule has 6 heteroatoms. The van der Waals surface area contributed by atoms with Gasteiger partial charge in [0.25, 0.3) is 0 Å². The minimum Gasteiger partial charge on any atom is -0.494 e. The Hall–Kier alpha value is -2.60. The van der Waals surface area contributed by atoms with Crippen LogP contribution in [0.15, 0.2) is 42.5 Å². The van der Waals surface area contributed by atoms with Crippen LogP contribution < -0.4 is 9.64 Å². The average Bonchev–Trinajstić information content (AvgIpc) is 3.00. The molecule has 128 valence electrons. The van der Waals surface area contributed by atoms with E-state index in [4.69, 9.17) is 9.47 Å². The van der Waals surface area contributed by atoms with Crippen molar-refractivity contribution < 1.29 is 14.3 Å². The van der Waals surface area contributed by atoms with E-state index in [1.165, 1.54) is 0 Å². The van der Waals surface area contributed by atoms with Crippen molar-refractivity contribution in [1.82, 2.24) is 4.98 Å². The van der Waals surface area contributed by atoms with E-state index >= 15 is 0 Å². The Labute approximate surface area is 149 Å². The van der Waals surface area contributed by atoms with Gasteiger partial charge in [-0.1, -0.05) is 35.1 Å². The second-order valence-electron chi connectivity index (χ2n) is 6.11. The predicted octanol–water partition coefficient (Wildman–Crippen LogP) is 3.66. The third-order valence-electron chi connectivity index (χ3n) is 4.24. The number of carbonyl (C=O) groups is 1. The molecule has 1 aliphatic heterocycles. The maximum atomic E-state index is 12.2. The number of carbonyl (C=O) groups excluding carboxylic acids is 1. The first-order valence-corrected chi connectivity index (χ1v) is 8.92. The van der Waals surface area contributed by atoms with Gasteiger partial charge in [0.2, 0.25) is 0 Å². The summed E-state index contributed by atoms with van der Waals surface area (Å²) in [5.74, 6) is 0.516. The van der Waals surface area contributed by atoms with Crippen molar-refractivity contribution in [2.75, 3.05) is 25.1 Å². The van der Waals surface area contributed by atoms with Crippen molar-refractivity contribution in [2.24, 2.45) is 0 Å². The molecule has 1 aliphatic rings. The van der Waals surface area contributed by atoms with Gasteiger partial charge in [0.15, 0.2) is 5.13 Å². The molecule has 25 heavy (non-hydrogen) atoms. The van der Waals surface area contributed by atoms with Gasteiger partial charge in [-0.25, -0.2) is 9.78 Å². The quantitative estimate of drug-likeness (QED) is 0.669.